The van der Waals surface area contributed by atoms with E-state index in [-0.39, 0.29) is 5.82 Å². The number of hydrogen-bond acceptors (Lipinski definition) is 2. The molecule has 2 nitrogen and oxygen atoms in total. The topological polar surface area (TPSA) is 29.3 Å². The molecule has 0 aliphatic carbocycles. The highest BCUT2D eigenvalue weighted by Crippen LogP contribution is 2.22. The third-order valence-corrected chi connectivity index (χ3v) is 3.15. The van der Waals surface area contributed by atoms with Gasteiger partial charge in [0.2, 0.25) is 0 Å². The van der Waals surface area contributed by atoms with E-state index in [1.807, 2.05) is 0 Å². The van der Waals surface area contributed by atoms with Gasteiger partial charge in [0.05, 0.1) is 0 Å². The summed E-state index contributed by atoms with van der Waals surface area (Å²) in [4.78, 5) is 2.18. The summed E-state index contributed by atoms with van der Waals surface area (Å²) in [5, 5.41) is 0.580. The highest BCUT2D eigenvalue weighted by Gasteiger charge is 2.26. The van der Waals surface area contributed by atoms with Crippen LogP contribution in [0.2, 0.25) is 5.02 Å². The van der Waals surface area contributed by atoms with Crippen LogP contribution >= 0.6 is 11.6 Å². The second-order valence-electron chi connectivity index (χ2n) is 3.88. The average Bonchev–Trinajstić information content (AvgIpc) is 2.18. The molecule has 2 N–H and O–H groups in total. The normalized spacial score (nSPS) is 21.4. The summed E-state index contributed by atoms with van der Waals surface area (Å²) in [6, 6.07) is 5.07. The fraction of sp³-hybridized carbons (Fsp3) is 0.455. The van der Waals surface area contributed by atoms with Crippen molar-refractivity contribution in [3.8, 4) is 0 Å². The second kappa shape index (κ2) is 4.47. The van der Waals surface area contributed by atoms with Gasteiger partial charge >= 0.3 is 0 Å². The molecule has 1 aromatic rings. The molecule has 1 atom stereocenters. The SMILES string of the molecule is NCC1CCN1Cc1cc(Cl)ccc1F. The van der Waals surface area contributed by atoms with Crippen molar-refractivity contribution in [2.75, 3.05) is 13.1 Å². The van der Waals surface area contributed by atoms with Crippen LogP contribution in [0, 0.1) is 5.82 Å². The van der Waals surface area contributed by atoms with Crippen molar-refractivity contribution in [1.82, 2.24) is 4.90 Å². The van der Waals surface area contributed by atoms with Crippen LogP contribution in [0.3, 0.4) is 0 Å². The van der Waals surface area contributed by atoms with E-state index in [1.54, 1.807) is 12.1 Å². The minimum absolute atomic E-state index is 0.193. The van der Waals surface area contributed by atoms with Gasteiger partial charge in [0, 0.05) is 36.3 Å². The zero-order chi connectivity index (χ0) is 10.8. The Balaban J connectivity index is 2.07. The minimum Gasteiger partial charge on any atom is -0.329 e. The van der Waals surface area contributed by atoms with Gasteiger partial charge in [0.25, 0.3) is 0 Å². The van der Waals surface area contributed by atoms with Crippen molar-refractivity contribution in [3.05, 3.63) is 34.6 Å². The Morgan fingerprint density at radius 2 is 2.33 bits per heavy atom. The molecule has 82 valence electrons. The summed E-state index contributed by atoms with van der Waals surface area (Å²) in [5.41, 5.74) is 6.24. The van der Waals surface area contributed by atoms with Gasteiger partial charge in [-0.1, -0.05) is 11.6 Å². The van der Waals surface area contributed by atoms with Crippen LogP contribution in [0.15, 0.2) is 18.2 Å². The Morgan fingerprint density at radius 3 is 2.93 bits per heavy atom. The Hall–Kier alpha value is -0.640. The number of halogens is 2. The van der Waals surface area contributed by atoms with Crippen molar-refractivity contribution >= 4 is 11.6 Å². The van der Waals surface area contributed by atoms with Crippen LogP contribution in [0.1, 0.15) is 12.0 Å². The minimum atomic E-state index is -0.193. The lowest BCUT2D eigenvalue weighted by atomic mass is 10.0. The van der Waals surface area contributed by atoms with E-state index >= 15 is 0 Å². The van der Waals surface area contributed by atoms with Crippen LogP contribution in [-0.4, -0.2) is 24.0 Å². The summed E-state index contributed by atoms with van der Waals surface area (Å²) in [5.74, 6) is -0.193. The number of nitrogens with two attached hydrogens (primary N) is 1. The van der Waals surface area contributed by atoms with Crippen molar-refractivity contribution in [1.29, 1.82) is 0 Å². The molecule has 0 amide bonds. The first kappa shape index (κ1) is 10.9. The van der Waals surface area contributed by atoms with E-state index in [0.717, 1.165) is 13.0 Å². The summed E-state index contributed by atoms with van der Waals surface area (Å²) in [7, 11) is 0. The molecule has 1 unspecified atom stereocenters. The molecule has 1 aromatic carbocycles. The van der Waals surface area contributed by atoms with Crippen molar-refractivity contribution in [2.45, 2.75) is 19.0 Å². The van der Waals surface area contributed by atoms with Crippen LogP contribution < -0.4 is 5.73 Å². The van der Waals surface area contributed by atoms with E-state index in [9.17, 15) is 4.39 Å². The molecule has 1 saturated heterocycles. The second-order valence-corrected chi connectivity index (χ2v) is 4.32. The van der Waals surface area contributed by atoms with Crippen LogP contribution in [0.5, 0.6) is 0 Å². The van der Waals surface area contributed by atoms with Crippen molar-refractivity contribution in [2.24, 2.45) is 5.73 Å². The molecule has 15 heavy (non-hydrogen) atoms. The fourth-order valence-corrected chi connectivity index (χ4v) is 2.05. The molecule has 0 spiro atoms. The quantitative estimate of drug-likeness (QED) is 0.858. The molecule has 0 aromatic heterocycles. The van der Waals surface area contributed by atoms with Gasteiger partial charge in [-0.25, -0.2) is 4.39 Å². The smallest absolute Gasteiger partial charge is 0.127 e. The van der Waals surface area contributed by atoms with Gasteiger partial charge in [-0.15, -0.1) is 0 Å². The van der Waals surface area contributed by atoms with Crippen molar-refractivity contribution in [3.63, 3.8) is 0 Å². The van der Waals surface area contributed by atoms with E-state index in [0.29, 0.717) is 29.7 Å². The Labute approximate surface area is 93.8 Å². The Kier molecular flexibility index (Phi) is 3.24. The highest BCUT2D eigenvalue weighted by molar-refractivity contribution is 6.30. The Bertz CT molecular complexity index is 354. The fourth-order valence-electron chi connectivity index (χ4n) is 1.85. The first-order chi connectivity index (χ1) is 7.20. The van der Waals surface area contributed by atoms with Gasteiger partial charge in [-0.3, -0.25) is 4.90 Å². The number of rotatable bonds is 3. The molecule has 0 radical (unpaired) electrons. The predicted molar refractivity (Wildman–Crippen MR) is 59.3 cm³/mol. The average molecular weight is 229 g/mol. The van der Waals surface area contributed by atoms with E-state index in [2.05, 4.69) is 4.90 Å². The molecule has 1 aliphatic rings. The maximum absolute atomic E-state index is 13.4. The maximum atomic E-state index is 13.4. The van der Waals surface area contributed by atoms with Gasteiger partial charge in [-0.2, -0.15) is 0 Å². The van der Waals surface area contributed by atoms with Gasteiger partial charge in [0.15, 0.2) is 0 Å². The molecular weight excluding hydrogens is 215 g/mol. The summed E-state index contributed by atoms with van der Waals surface area (Å²) in [6.07, 6.45) is 1.11. The first-order valence-electron chi connectivity index (χ1n) is 5.08. The number of likely N-dealkylation sites (tertiary alicyclic amines) is 1. The van der Waals surface area contributed by atoms with Crippen molar-refractivity contribution < 1.29 is 4.39 Å². The van der Waals surface area contributed by atoms with E-state index < -0.39 is 0 Å². The standard InChI is InChI=1S/C11H14ClFN2/c12-9-1-2-11(13)8(5-9)7-15-4-3-10(15)6-14/h1-2,5,10H,3-4,6-7,14H2. The number of benzene rings is 1. The summed E-state index contributed by atoms with van der Waals surface area (Å²) >= 11 is 5.82. The van der Waals surface area contributed by atoms with Crippen LogP contribution in [0.4, 0.5) is 4.39 Å². The lowest BCUT2D eigenvalue weighted by Crippen LogP contribution is -2.51. The monoisotopic (exact) mass is 228 g/mol. The lowest BCUT2D eigenvalue weighted by molar-refractivity contribution is 0.0869. The van der Waals surface area contributed by atoms with E-state index in [1.165, 1.54) is 6.07 Å². The summed E-state index contributed by atoms with van der Waals surface area (Å²) < 4.78 is 13.4. The third kappa shape index (κ3) is 2.30. The van der Waals surface area contributed by atoms with Gasteiger partial charge in [0.1, 0.15) is 5.82 Å². The Morgan fingerprint density at radius 1 is 1.53 bits per heavy atom. The third-order valence-electron chi connectivity index (χ3n) is 2.92. The van der Waals surface area contributed by atoms with Crippen LogP contribution in [0.25, 0.3) is 0 Å². The molecule has 1 heterocycles. The molecule has 4 heteroatoms. The van der Waals surface area contributed by atoms with E-state index in [4.69, 9.17) is 17.3 Å². The van der Waals surface area contributed by atoms with Crippen LogP contribution in [-0.2, 0) is 6.54 Å². The molecule has 1 aliphatic heterocycles. The lowest BCUT2D eigenvalue weighted by Gasteiger charge is -2.40. The van der Waals surface area contributed by atoms with Gasteiger partial charge in [-0.05, 0) is 24.6 Å². The van der Waals surface area contributed by atoms with Gasteiger partial charge < -0.3 is 5.73 Å². The zero-order valence-corrected chi connectivity index (χ0v) is 9.17. The maximum Gasteiger partial charge on any atom is 0.127 e. The number of nitrogens with zero attached hydrogens (tertiary/aromatic N) is 1. The molecular formula is C11H14ClFN2. The molecule has 1 fully saturated rings. The molecule has 0 bridgehead atoms. The number of hydrogen-bond donors (Lipinski definition) is 1. The summed E-state index contributed by atoms with van der Waals surface area (Å²) in [6.45, 7) is 2.24. The predicted octanol–water partition coefficient (Wildman–Crippen LogP) is 2.01. The molecule has 0 saturated carbocycles. The first-order valence-corrected chi connectivity index (χ1v) is 5.46. The largest absolute Gasteiger partial charge is 0.329 e. The molecule has 2 rings (SSSR count). The zero-order valence-electron chi connectivity index (χ0n) is 8.42. The highest BCUT2D eigenvalue weighted by atomic mass is 35.5.